The van der Waals surface area contributed by atoms with Gasteiger partial charge in [0.25, 0.3) is 11.8 Å². The zero-order valence-electron chi connectivity index (χ0n) is 42.5. The average Bonchev–Trinajstić information content (AvgIpc) is 3.76. The minimum Gasteiger partial charge on any atom is -0.394 e. The number of aliphatic hydroxyl groups is 13. The maximum absolute atomic E-state index is 13.4. The average molecular weight is 1130 g/mol. The molecule has 446 valence electrons. The summed E-state index contributed by atoms with van der Waals surface area (Å²) in [4.78, 5) is 93.2. The van der Waals surface area contributed by atoms with Crippen LogP contribution in [0, 0.1) is 5.92 Å². The Morgan fingerprint density at radius 2 is 1.10 bits per heavy atom. The molecule has 1 aliphatic carbocycles. The van der Waals surface area contributed by atoms with Gasteiger partial charge in [-0.1, -0.05) is 6.92 Å². The van der Waals surface area contributed by atoms with Gasteiger partial charge in [0.1, 0.15) is 85.5 Å². The third-order valence-electron chi connectivity index (χ3n) is 13.8. The fourth-order valence-electron chi connectivity index (χ4n) is 9.05. The van der Waals surface area contributed by atoms with E-state index in [1.165, 1.54) is 0 Å². The van der Waals surface area contributed by atoms with E-state index in [4.69, 9.17) is 38.0 Å². The van der Waals surface area contributed by atoms with Crippen LogP contribution in [-0.2, 0) is 71.6 Å². The third-order valence-corrected chi connectivity index (χ3v) is 13.8. The van der Waals surface area contributed by atoms with E-state index in [9.17, 15) is 99.9 Å². The Balaban J connectivity index is 1.14. The van der Waals surface area contributed by atoms with Crippen molar-refractivity contribution in [1.29, 1.82) is 0 Å². The fraction of sp³-hybridized carbons (Fsp3) is 0.848. The van der Waals surface area contributed by atoms with Crippen LogP contribution in [0.15, 0.2) is 0 Å². The summed E-state index contributed by atoms with van der Waals surface area (Å²) in [5, 5.41) is 142. The number of amides is 5. The minimum absolute atomic E-state index is 0.00190. The van der Waals surface area contributed by atoms with E-state index >= 15 is 0 Å². The Hall–Kier alpha value is -4.11. The fourth-order valence-corrected chi connectivity index (χ4v) is 9.05. The Bertz CT molecular complexity index is 1970. The summed E-state index contributed by atoms with van der Waals surface area (Å²) in [6.07, 6.45) is -33.8. The van der Waals surface area contributed by atoms with Gasteiger partial charge in [-0.2, -0.15) is 0 Å². The number of hydrogen-bond donors (Lipinski definition) is 16. The largest absolute Gasteiger partial charge is 0.394 e. The molecular weight excluding hydrogens is 1060 g/mol. The quantitative estimate of drug-likeness (QED) is 0.0255. The highest BCUT2D eigenvalue weighted by Crippen LogP contribution is 2.32. The van der Waals surface area contributed by atoms with E-state index in [0.717, 1.165) is 0 Å². The number of ether oxygens (including phenoxy) is 7. The number of rotatable bonds is 28. The van der Waals surface area contributed by atoms with Crippen LogP contribution in [0.3, 0.4) is 0 Å². The van der Waals surface area contributed by atoms with Crippen molar-refractivity contribution in [1.82, 2.24) is 21.0 Å². The summed E-state index contributed by atoms with van der Waals surface area (Å²) in [6, 6.07) is -1.38. The van der Waals surface area contributed by atoms with Crippen molar-refractivity contribution in [2.75, 3.05) is 46.1 Å². The van der Waals surface area contributed by atoms with Gasteiger partial charge < -0.3 is 120 Å². The standard InChI is InChI=1S/C46H74N4O28/c1-19-15-22(33(61)37(65)32(19)60)71-13-11-47-26(54)3-2-4-28(56)49-20(21(53)6-10-31(59)78-50-29(57)8-9-30(50)58)5-7-27(55)48-12-14-72-45-42(70)43(77-46-41(69)39(67)35(63)24(17-52)75-46)36(64)25(76-45)18-73-44-40(68)38(66)34(62)23(16-51)74-44/h19-20,22-25,32-46,51-52,60-70H,2-18H2,1H3,(H,47,54)(H,48,55)(H,49,56)/t19-,20+,22-,23-,24-,25-,32-,33-,34-,35-,36-,37-,38+,39+,40+,41+,42+,43+,44+,45+,46-/m1/s1. The van der Waals surface area contributed by atoms with Crippen molar-refractivity contribution in [2.45, 2.75) is 194 Å². The van der Waals surface area contributed by atoms with Gasteiger partial charge in [0, 0.05) is 51.6 Å². The lowest BCUT2D eigenvalue weighted by Gasteiger charge is -2.46. The Morgan fingerprint density at radius 1 is 0.577 bits per heavy atom. The lowest BCUT2D eigenvalue weighted by molar-refractivity contribution is -0.366. The van der Waals surface area contributed by atoms with E-state index in [1.807, 2.05) is 0 Å². The summed E-state index contributed by atoms with van der Waals surface area (Å²) >= 11 is 0. The first-order chi connectivity index (χ1) is 37.0. The first-order valence-electron chi connectivity index (χ1n) is 25.6. The van der Waals surface area contributed by atoms with Crippen LogP contribution in [0.25, 0.3) is 0 Å². The summed E-state index contributed by atoms with van der Waals surface area (Å²) in [5.41, 5.74) is 0. The van der Waals surface area contributed by atoms with Crippen LogP contribution >= 0.6 is 0 Å². The van der Waals surface area contributed by atoms with Crippen LogP contribution in [0.2, 0.25) is 0 Å². The highest BCUT2D eigenvalue weighted by atomic mass is 16.8. The molecule has 21 atom stereocenters. The molecule has 5 fully saturated rings. The molecule has 4 aliphatic heterocycles. The molecule has 32 heteroatoms. The van der Waals surface area contributed by atoms with Crippen molar-refractivity contribution in [3.05, 3.63) is 0 Å². The van der Waals surface area contributed by atoms with Crippen molar-refractivity contribution in [2.24, 2.45) is 5.92 Å². The normalized spacial score (nSPS) is 36.7. The van der Waals surface area contributed by atoms with Crippen molar-refractivity contribution in [3.63, 3.8) is 0 Å². The minimum atomic E-state index is -2.00. The number of nitrogens with zero attached hydrogens (tertiary/aromatic N) is 1. The number of carbonyl (C=O) groups is 7. The maximum atomic E-state index is 13.4. The number of ketones is 1. The van der Waals surface area contributed by atoms with Crippen LogP contribution in [0.1, 0.15) is 71.1 Å². The zero-order valence-corrected chi connectivity index (χ0v) is 42.5. The monoisotopic (exact) mass is 1130 g/mol. The molecule has 4 heterocycles. The molecule has 32 nitrogen and oxygen atoms in total. The molecular formula is C46H74N4O28. The van der Waals surface area contributed by atoms with Crippen molar-refractivity contribution < 1.29 is 138 Å². The van der Waals surface area contributed by atoms with Gasteiger partial charge in [0.05, 0.1) is 57.7 Å². The Morgan fingerprint density at radius 3 is 1.72 bits per heavy atom. The lowest BCUT2D eigenvalue weighted by atomic mass is 9.82. The maximum Gasteiger partial charge on any atom is 0.333 e. The molecule has 0 spiro atoms. The van der Waals surface area contributed by atoms with E-state index < -0.39 is 210 Å². The molecule has 16 N–H and O–H groups in total. The molecule has 1 saturated carbocycles. The van der Waals surface area contributed by atoms with E-state index in [2.05, 4.69) is 16.0 Å². The number of nitrogens with one attached hydrogen (secondary N) is 3. The second-order valence-corrected chi connectivity index (χ2v) is 19.5. The molecule has 5 aliphatic rings. The molecule has 0 radical (unpaired) electrons. The molecule has 0 aromatic rings. The number of imide groups is 1. The second kappa shape index (κ2) is 30.6. The van der Waals surface area contributed by atoms with Crippen LogP contribution in [-0.4, -0.2) is 281 Å². The van der Waals surface area contributed by atoms with Gasteiger partial charge >= 0.3 is 5.97 Å². The van der Waals surface area contributed by atoms with Gasteiger partial charge in [-0.05, 0) is 25.2 Å². The Kier molecular flexibility index (Phi) is 25.4. The van der Waals surface area contributed by atoms with E-state index in [1.54, 1.807) is 6.92 Å². The van der Waals surface area contributed by atoms with Gasteiger partial charge in [-0.25, -0.2) is 4.79 Å². The molecule has 5 amide bonds. The van der Waals surface area contributed by atoms with E-state index in [0.29, 0.717) is 5.06 Å². The van der Waals surface area contributed by atoms with E-state index in [-0.39, 0.29) is 70.6 Å². The van der Waals surface area contributed by atoms with Gasteiger partial charge in [0.2, 0.25) is 17.7 Å². The van der Waals surface area contributed by atoms with Crippen molar-refractivity contribution >= 4 is 41.3 Å². The first kappa shape index (κ1) is 64.7. The predicted octanol–water partition coefficient (Wildman–Crippen LogP) is -9.42. The topological polar surface area (TPSA) is 496 Å². The molecule has 5 rings (SSSR count). The third kappa shape index (κ3) is 17.4. The van der Waals surface area contributed by atoms with Gasteiger partial charge in [-0.3, -0.25) is 28.8 Å². The van der Waals surface area contributed by atoms with Crippen molar-refractivity contribution in [3.8, 4) is 0 Å². The molecule has 0 bridgehead atoms. The summed E-state index contributed by atoms with van der Waals surface area (Å²) in [5.74, 6) is -5.60. The van der Waals surface area contributed by atoms with Crippen LogP contribution in [0.4, 0.5) is 0 Å². The van der Waals surface area contributed by atoms with Crippen LogP contribution in [0.5, 0.6) is 0 Å². The smallest absolute Gasteiger partial charge is 0.333 e. The molecule has 4 saturated heterocycles. The molecule has 78 heavy (non-hydrogen) atoms. The first-order valence-corrected chi connectivity index (χ1v) is 25.6. The number of Topliss-reactive ketones (excluding diaryl/α,β-unsaturated/α-hetero) is 1. The van der Waals surface area contributed by atoms with Gasteiger partial charge in [-0.15, -0.1) is 5.06 Å². The van der Waals surface area contributed by atoms with Gasteiger partial charge in [0.15, 0.2) is 24.7 Å². The SMILES string of the molecule is C[C@@H]1C[C@@H](OCCNC(=O)CCCC(=O)N[C@@H](CCC(=O)NCCO[C@H]2O[C@H](CO[C@H]3O[C@H](CO)[C@@H](O)[C@H](O)[C@@H]3O)[C@@H](O)[C@H](O[C@H]3O[C@H](CO)[C@@H](O)[C@H](O)[C@@H]3O)[C@@H]2O)C(=O)CCC(=O)ON2C(=O)CCC2=O)[C@@H](O)[C@H](O)[C@@H]1O. The number of hydroxylamine groups is 2. The number of carbonyl (C=O) groups excluding carboxylic acids is 7. The lowest BCUT2D eigenvalue weighted by Crippen LogP contribution is -2.65. The molecule has 0 aromatic carbocycles. The predicted molar refractivity (Wildman–Crippen MR) is 249 cm³/mol. The molecule has 0 aromatic heterocycles. The second-order valence-electron chi connectivity index (χ2n) is 19.5. The summed E-state index contributed by atoms with van der Waals surface area (Å²) in [7, 11) is 0. The summed E-state index contributed by atoms with van der Waals surface area (Å²) < 4.78 is 38.9. The Labute approximate surface area is 445 Å². The highest BCUT2D eigenvalue weighted by molar-refractivity contribution is 6.01. The zero-order chi connectivity index (χ0) is 57.5. The molecule has 0 unspecified atom stereocenters. The number of aliphatic hydroxyl groups excluding tert-OH is 13. The highest BCUT2D eigenvalue weighted by Gasteiger charge is 2.52. The summed E-state index contributed by atoms with van der Waals surface area (Å²) in [6.45, 7) is -1.51. The van der Waals surface area contributed by atoms with Crippen LogP contribution < -0.4 is 16.0 Å². The number of hydrogen-bond acceptors (Lipinski definition) is 28.